The van der Waals surface area contributed by atoms with E-state index in [9.17, 15) is 9.59 Å². The lowest BCUT2D eigenvalue weighted by Crippen LogP contribution is -2.18. The molecular weight excluding hydrogens is 411 g/mol. The predicted molar refractivity (Wildman–Crippen MR) is 113 cm³/mol. The number of benzene rings is 1. The molecule has 0 saturated heterocycles. The number of hydrogen-bond donors (Lipinski definition) is 2. The number of nitrogens with one attached hydrogen (secondary N) is 1. The van der Waals surface area contributed by atoms with Crippen molar-refractivity contribution in [1.29, 1.82) is 0 Å². The minimum Gasteiger partial charge on any atom is -0.366 e. The molecule has 6 nitrogen and oxygen atoms in total. The summed E-state index contributed by atoms with van der Waals surface area (Å²) >= 11 is 12.5. The molecule has 146 valence electrons. The van der Waals surface area contributed by atoms with E-state index in [4.69, 9.17) is 28.9 Å². The number of primary amides is 1. The average Bonchev–Trinajstić information content (AvgIpc) is 3.55. The normalized spacial score (nSPS) is 13.2. The Balaban J connectivity index is 1.84. The van der Waals surface area contributed by atoms with Gasteiger partial charge >= 0.3 is 0 Å². The van der Waals surface area contributed by atoms with Crippen molar-refractivity contribution >= 4 is 40.8 Å². The fraction of sp³-hybridized carbons (Fsp3) is 0.143. The fourth-order valence-electron chi connectivity index (χ4n) is 3.07. The highest BCUT2D eigenvalue weighted by atomic mass is 35.5. The van der Waals surface area contributed by atoms with Crippen LogP contribution in [0.3, 0.4) is 0 Å². The summed E-state index contributed by atoms with van der Waals surface area (Å²) in [6.07, 6.45) is 6.36. The van der Waals surface area contributed by atoms with Gasteiger partial charge in [0.05, 0.1) is 15.6 Å². The Morgan fingerprint density at radius 1 is 1.10 bits per heavy atom. The third-order valence-corrected chi connectivity index (χ3v) is 5.51. The number of pyridine rings is 2. The number of halogens is 2. The molecule has 0 radical (unpaired) electrons. The smallest absolute Gasteiger partial charge is 0.249 e. The zero-order valence-electron chi connectivity index (χ0n) is 15.2. The number of carbonyl (C=O) groups excluding carboxylic acids is 2. The maximum atomic E-state index is 12.3. The van der Waals surface area contributed by atoms with Gasteiger partial charge in [0, 0.05) is 46.8 Å². The lowest BCUT2D eigenvalue weighted by Gasteiger charge is -2.14. The van der Waals surface area contributed by atoms with Crippen molar-refractivity contribution in [2.75, 3.05) is 5.32 Å². The average molecular weight is 427 g/mol. The van der Waals surface area contributed by atoms with Gasteiger partial charge in [0.15, 0.2) is 0 Å². The van der Waals surface area contributed by atoms with Crippen LogP contribution in [0.4, 0.5) is 5.82 Å². The summed E-state index contributed by atoms with van der Waals surface area (Å²) in [6.45, 7) is 0. The fourth-order valence-corrected chi connectivity index (χ4v) is 3.48. The summed E-state index contributed by atoms with van der Waals surface area (Å²) in [7, 11) is 0. The molecule has 8 heteroatoms. The van der Waals surface area contributed by atoms with Crippen molar-refractivity contribution in [3.05, 3.63) is 64.5 Å². The number of amides is 2. The van der Waals surface area contributed by atoms with Crippen LogP contribution >= 0.6 is 23.2 Å². The largest absolute Gasteiger partial charge is 0.366 e. The number of nitrogens with two attached hydrogens (primary N) is 1. The highest BCUT2D eigenvalue weighted by Gasteiger charge is 2.31. The molecule has 2 aromatic heterocycles. The van der Waals surface area contributed by atoms with Gasteiger partial charge in [-0.2, -0.15) is 0 Å². The molecule has 0 spiro atoms. The summed E-state index contributed by atoms with van der Waals surface area (Å²) in [6, 6.07) is 8.63. The first-order valence-electron chi connectivity index (χ1n) is 8.95. The Morgan fingerprint density at radius 2 is 1.86 bits per heavy atom. The number of anilines is 1. The van der Waals surface area contributed by atoms with Gasteiger partial charge in [-0.25, -0.2) is 4.98 Å². The highest BCUT2D eigenvalue weighted by Crippen LogP contribution is 2.37. The number of carbonyl (C=O) groups is 2. The number of hydrogen-bond acceptors (Lipinski definition) is 4. The van der Waals surface area contributed by atoms with E-state index in [-0.39, 0.29) is 23.2 Å². The second-order valence-corrected chi connectivity index (χ2v) is 7.56. The van der Waals surface area contributed by atoms with Gasteiger partial charge in [-0.3, -0.25) is 14.6 Å². The van der Waals surface area contributed by atoms with Crippen molar-refractivity contribution in [3.63, 3.8) is 0 Å². The van der Waals surface area contributed by atoms with Crippen LogP contribution in [-0.4, -0.2) is 21.8 Å². The van der Waals surface area contributed by atoms with Crippen molar-refractivity contribution in [3.8, 4) is 22.3 Å². The molecule has 3 aromatic rings. The Hall–Kier alpha value is -2.96. The maximum Gasteiger partial charge on any atom is 0.249 e. The van der Waals surface area contributed by atoms with E-state index in [0.29, 0.717) is 32.3 Å². The second kappa shape index (κ2) is 7.81. The standard InChI is InChI=1S/C21H16Cl2N4O2/c22-16-3-1-2-14(18(16)23)12-8-13(10-25-9-12)17-15(19(24)28)6-7-26-20(17)27-21(29)11-4-5-11/h1-3,6-11H,4-5H2,(H2,24,28)(H,26,27,29). The lowest BCUT2D eigenvalue weighted by molar-refractivity contribution is -0.117. The first-order valence-corrected chi connectivity index (χ1v) is 9.70. The van der Waals surface area contributed by atoms with E-state index in [2.05, 4.69) is 15.3 Å². The molecule has 3 N–H and O–H groups in total. The van der Waals surface area contributed by atoms with Gasteiger partial charge in [0.1, 0.15) is 5.82 Å². The van der Waals surface area contributed by atoms with E-state index in [0.717, 1.165) is 12.8 Å². The monoisotopic (exact) mass is 426 g/mol. The van der Waals surface area contributed by atoms with E-state index in [1.165, 1.54) is 12.3 Å². The van der Waals surface area contributed by atoms with Crippen LogP contribution in [0.25, 0.3) is 22.3 Å². The summed E-state index contributed by atoms with van der Waals surface area (Å²) in [5.41, 5.74) is 8.21. The first-order chi connectivity index (χ1) is 14.0. The van der Waals surface area contributed by atoms with Gasteiger partial charge in [-0.15, -0.1) is 0 Å². The Bertz CT molecular complexity index is 1130. The summed E-state index contributed by atoms with van der Waals surface area (Å²) in [5.74, 6) is -0.496. The van der Waals surface area contributed by atoms with Crippen molar-refractivity contribution in [2.45, 2.75) is 12.8 Å². The summed E-state index contributed by atoms with van der Waals surface area (Å²) in [5, 5.41) is 3.64. The number of nitrogens with zero attached hydrogens (tertiary/aromatic N) is 2. The van der Waals surface area contributed by atoms with Crippen LogP contribution in [0.2, 0.25) is 10.0 Å². The third-order valence-electron chi connectivity index (χ3n) is 4.70. The topological polar surface area (TPSA) is 98.0 Å². The van der Waals surface area contributed by atoms with Crippen molar-refractivity contribution < 1.29 is 9.59 Å². The molecule has 1 fully saturated rings. The molecule has 0 aliphatic heterocycles. The molecule has 0 bridgehead atoms. The lowest BCUT2D eigenvalue weighted by atomic mass is 9.98. The second-order valence-electron chi connectivity index (χ2n) is 6.77. The molecule has 29 heavy (non-hydrogen) atoms. The predicted octanol–water partition coefficient (Wildman–Crippen LogP) is 4.56. The van der Waals surface area contributed by atoms with Gasteiger partial charge in [-0.1, -0.05) is 35.3 Å². The molecule has 1 saturated carbocycles. The Labute approximate surface area is 177 Å². The maximum absolute atomic E-state index is 12.3. The van der Waals surface area contributed by atoms with Crippen LogP contribution in [0, 0.1) is 5.92 Å². The van der Waals surface area contributed by atoms with E-state index in [1.54, 1.807) is 30.6 Å². The van der Waals surface area contributed by atoms with Gasteiger partial charge < -0.3 is 11.1 Å². The molecule has 2 amide bonds. The third kappa shape index (κ3) is 3.95. The van der Waals surface area contributed by atoms with Crippen LogP contribution in [0.1, 0.15) is 23.2 Å². The molecule has 1 aliphatic rings. The van der Waals surface area contributed by atoms with Crippen LogP contribution in [-0.2, 0) is 4.79 Å². The molecule has 1 aromatic carbocycles. The molecule has 0 atom stereocenters. The summed E-state index contributed by atoms with van der Waals surface area (Å²) in [4.78, 5) is 32.9. The molecule has 1 aliphatic carbocycles. The van der Waals surface area contributed by atoms with Crippen molar-refractivity contribution in [1.82, 2.24) is 9.97 Å². The minimum absolute atomic E-state index is 0.0170. The van der Waals surface area contributed by atoms with E-state index >= 15 is 0 Å². The highest BCUT2D eigenvalue weighted by molar-refractivity contribution is 6.43. The number of rotatable bonds is 5. The summed E-state index contributed by atoms with van der Waals surface area (Å²) < 4.78 is 0. The van der Waals surface area contributed by atoms with E-state index in [1.807, 2.05) is 6.07 Å². The Kier molecular flexibility index (Phi) is 5.22. The van der Waals surface area contributed by atoms with Crippen LogP contribution in [0.5, 0.6) is 0 Å². The molecule has 2 heterocycles. The van der Waals surface area contributed by atoms with Crippen LogP contribution in [0.15, 0.2) is 48.9 Å². The number of aromatic nitrogens is 2. The quantitative estimate of drug-likeness (QED) is 0.624. The van der Waals surface area contributed by atoms with Gasteiger partial charge in [0.2, 0.25) is 11.8 Å². The Morgan fingerprint density at radius 3 is 2.59 bits per heavy atom. The SMILES string of the molecule is NC(=O)c1ccnc(NC(=O)C2CC2)c1-c1cncc(-c2cccc(Cl)c2Cl)c1. The van der Waals surface area contributed by atoms with E-state index < -0.39 is 5.91 Å². The first kappa shape index (κ1) is 19.4. The van der Waals surface area contributed by atoms with Crippen LogP contribution < -0.4 is 11.1 Å². The van der Waals surface area contributed by atoms with Gasteiger partial charge in [-0.05, 0) is 31.0 Å². The van der Waals surface area contributed by atoms with Gasteiger partial charge in [0.25, 0.3) is 0 Å². The minimum atomic E-state index is -0.629. The van der Waals surface area contributed by atoms with Crippen molar-refractivity contribution in [2.24, 2.45) is 11.7 Å². The molecular formula is C21H16Cl2N4O2. The zero-order chi connectivity index (χ0) is 20.5. The molecule has 0 unspecified atom stereocenters. The zero-order valence-corrected chi connectivity index (χ0v) is 16.7. The molecule has 4 rings (SSSR count).